The smallest absolute Gasteiger partial charge is 0.325 e. The Hall–Kier alpha value is -0.610. The van der Waals surface area contributed by atoms with Gasteiger partial charge in [0.15, 0.2) is 0 Å². The molecule has 1 unspecified atom stereocenters. The number of esters is 1. The maximum Gasteiger partial charge on any atom is 0.325 e. The van der Waals surface area contributed by atoms with Gasteiger partial charge in [0.25, 0.3) is 0 Å². The van der Waals surface area contributed by atoms with Gasteiger partial charge in [0.2, 0.25) is 0 Å². The highest BCUT2D eigenvalue weighted by molar-refractivity contribution is 5.80. The van der Waals surface area contributed by atoms with Gasteiger partial charge in [0.1, 0.15) is 5.54 Å². The van der Waals surface area contributed by atoms with Gasteiger partial charge in [0, 0.05) is 13.1 Å². The maximum absolute atomic E-state index is 11.8. The van der Waals surface area contributed by atoms with Gasteiger partial charge in [-0.2, -0.15) is 0 Å². The molecule has 0 aliphatic heterocycles. The van der Waals surface area contributed by atoms with Crippen LogP contribution in [0.5, 0.6) is 0 Å². The van der Waals surface area contributed by atoms with E-state index in [0.29, 0.717) is 0 Å². The molecule has 0 bridgehead atoms. The number of carbonyl (C=O) groups excluding carboxylic acids is 1. The number of nitrogens with zero attached hydrogens (tertiary/aromatic N) is 1. The second-order valence-corrected chi connectivity index (χ2v) is 5.66. The molecule has 106 valence electrons. The molecule has 0 heterocycles. The van der Waals surface area contributed by atoms with Crippen molar-refractivity contribution >= 4 is 5.97 Å². The van der Waals surface area contributed by atoms with Crippen LogP contribution in [0.1, 0.15) is 39.5 Å². The molecule has 1 rings (SSSR count). The van der Waals surface area contributed by atoms with Gasteiger partial charge in [0.05, 0.1) is 7.11 Å². The Morgan fingerprint density at radius 1 is 1.50 bits per heavy atom. The summed E-state index contributed by atoms with van der Waals surface area (Å²) in [6.07, 6.45) is 4.91. The van der Waals surface area contributed by atoms with Crippen LogP contribution in [0.25, 0.3) is 0 Å². The van der Waals surface area contributed by atoms with Gasteiger partial charge in [-0.3, -0.25) is 4.79 Å². The topological polar surface area (TPSA) is 41.6 Å². The first-order chi connectivity index (χ1) is 8.51. The van der Waals surface area contributed by atoms with Crippen LogP contribution in [0.3, 0.4) is 0 Å². The summed E-state index contributed by atoms with van der Waals surface area (Å²) in [6.45, 7) is 6.80. The molecule has 0 aromatic carbocycles. The third-order valence-electron chi connectivity index (χ3n) is 3.99. The summed E-state index contributed by atoms with van der Waals surface area (Å²) < 4.78 is 4.89. The summed E-state index contributed by atoms with van der Waals surface area (Å²) in [7, 11) is 3.60. The summed E-state index contributed by atoms with van der Waals surface area (Å²) in [6, 6.07) is 0. The van der Waals surface area contributed by atoms with Crippen LogP contribution in [-0.2, 0) is 9.53 Å². The minimum Gasteiger partial charge on any atom is -0.468 e. The molecule has 1 fully saturated rings. The first kappa shape index (κ1) is 15.4. The van der Waals surface area contributed by atoms with E-state index >= 15 is 0 Å². The SMILES string of the molecule is CCNC(C)(CCN(C)CC1CCC1)C(=O)OC. The molecule has 1 aliphatic rings. The van der Waals surface area contributed by atoms with Crippen molar-refractivity contribution in [1.82, 2.24) is 10.2 Å². The highest BCUT2D eigenvalue weighted by Gasteiger charge is 2.33. The van der Waals surface area contributed by atoms with Crippen molar-refractivity contribution in [2.75, 3.05) is 33.8 Å². The highest BCUT2D eigenvalue weighted by atomic mass is 16.5. The van der Waals surface area contributed by atoms with E-state index < -0.39 is 5.54 Å². The number of carbonyl (C=O) groups is 1. The molecule has 1 atom stereocenters. The lowest BCUT2D eigenvalue weighted by atomic mass is 9.85. The van der Waals surface area contributed by atoms with Crippen molar-refractivity contribution < 1.29 is 9.53 Å². The lowest BCUT2D eigenvalue weighted by molar-refractivity contribution is -0.148. The van der Waals surface area contributed by atoms with Crippen molar-refractivity contribution in [2.45, 2.75) is 45.1 Å². The van der Waals surface area contributed by atoms with Gasteiger partial charge >= 0.3 is 5.97 Å². The third-order valence-corrected chi connectivity index (χ3v) is 3.99. The Labute approximate surface area is 111 Å². The van der Waals surface area contributed by atoms with E-state index in [1.54, 1.807) is 0 Å². The Bertz CT molecular complexity index is 267. The lowest BCUT2D eigenvalue weighted by Crippen LogP contribution is -2.52. The summed E-state index contributed by atoms with van der Waals surface area (Å²) in [4.78, 5) is 14.2. The van der Waals surface area contributed by atoms with Crippen molar-refractivity contribution in [1.29, 1.82) is 0 Å². The summed E-state index contributed by atoms with van der Waals surface area (Å²) in [5, 5.41) is 3.25. The predicted octanol–water partition coefficient (Wildman–Crippen LogP) is 1.65. The number of rotatable bonds is 8. The number of ether oxygens (including phenoxy) is 1. The van der Waals surface area contributed by atoms with Crippen LogP contribution in [0.4, 0.5) is 0 Å². The van der Waals surface area contributed by atoms with Crippen molar-refractivity contribution in [2.24, 2.45) is 5.92 Å². The largest absolute Gasteiger partial charge is 0.468 e. The maximum atomic E-state index is 11.8. The normalized spacial score (nSPS) is 19.4. The number of likely N-dealkylation sites (N-methyl/N-ethyl adjacent to an activating group) is 1. The van der Waals surface area contributed by atoms with E-state index in [0.717, 1.165) is 32.0 Å². The number of nitrogens with one attached hydrogen (secondary N) is 1. The molecule has 0 aromatic heterocycles. The van der Waals surface area contributed by atoms with Crippen LogP contribution in [0.15, 0.2) is 0 Å². The van der Waals surface area contributed by atoms with Crippen LogP contribution in [0, 0.1) is 5.92 Å². The van der Waals surface area contributed by atoms with E-state index in [-0.39, 0.29) is 5.97 Å². The second kappa shape index (κ2) is 7.10. The monoisotopic (exact) mass is 256 g/mol. The zero-order valence-corrected chi connectivity index (χ0v) is 12.3. The zero-order chi connectivity index (χ0) is 13.6. The molecule has 18 heavy (non-hydrogen) atoms. The Morgan fingerprint density at radius 3 is 2.61 bits per heavy atom. The van der Waals surface area contributed by atoms with Gasteiger partial charge in [-0.15, -0.1) is 0 Å². The molecule has 4 nitrogen and oxygen atoms in total. The van der Waals surface area contributed by atoms with E-state index in [1.807, 2.05) is 13.8 Å². The van der Waals surface area contributed by atoms with E-state index in [9.17, 15) is 4.79 Å². The third kappa shape index (κ3) is 4.25. The second-order valence-electron chi connectivity index (χ2n) is 5.66. The fraction of sp³-hybridized carbons (Fsp3) is 0.929. The van der Waals surface area contributed by atoms with E-state index in [2.05, 4.69) is 17.3 Å². The first-order valence-corrected chi connectivity index (χ1v) is 7.04. The van der Waals surface area contributed by atoms with Gasteiger partial charge in [-0.05, 0) is 45.7 Å². The molecule has 4 heteroatoms. The molecule has 0 spiro atoms. The molecular weight excluding hydrogens is 228 g/mol. The number of methoxy groups -OCH3 is 1. The zero-order valence-electron chi connectivity index (χ0n) is 12.3. The van der Waals surface area contributed by atoms with Crippen molar-refractivity contribution in [3.8, 4) is 0 Å². The van der Waals surface area contributed by atoms with E-state index in [1.165, 1.54) is 26.4 Å². The molecule has 0 amide bonds. The van der Waals surface area contributed by atoms with E-state index in [4.69, 9.17) is 4.74 Å². The number of hydrogen-bond acceptors (Lipinski definition) is 4. The minimum absolute atomic E-state index is 0.165. The lowest BCUT2D eigenvalue weighted by Gasteiger charge is -2.33. The van der Waals surface area contributed by atoms with Gasteiger partial charge < -0.3 is 15.0 Å². The highest BCUT2D eigenvalue weighted by Crippen LogP contribution is 2.27. The average Bonchev–Trinajstić information content (AvgIpc) is 2.30. The van der Waals surface area contributed by atoms with Crippen molar-refractivity contribution in [3.05, 3.63) is 0 Å². The predicted molar refractivity (Wildman–Crippen MR) is 73.6 cm³/mol. The molecule has 0 aromatic rings. The summed E-state index contributed by atoms with van der Waals surface area (Å²) in [5.74, 6) is 0.708. The first-order valence-electron chi connectivity index (χ1n) is 7.04. The molecule has 0 saturated heterocycles. The van der Waals surface area contributed by atoms with Gasteiger partial charge in [-0.1, -0.05) is 13.3 Å². The Morgan fingerprint density at radius 2 is 2.17 bits per heavy atom. The van der Waals surface area contributed by atoms with Crippen LogP contribution in [0.2, 0.25) is 0 Å². The van der Waals surface area contributed by atoms with Crippen LogP contribution in [-0.4, -0.2) is 50.2 Å². The van der Waals surface area contributed by atoms with Crippen molar-refractivity contribution in [3.63, 3.8) is 0 Å². The molecule has 0 radical (unpaired) electrons. The molecule has 1 aliphatic carbocycles. The Kier molecular flexibility index (Phi) is 6.09. The summed E-state index contributed by atoms with van der Waals surface area (Å²) in [5.41, 5.74) is -0.558. The molecule has 1 saturated carbocycles. The minimum atomic E-state index is -0.558. The molecular formula is C14H28N2O2. The summed E-state index contributed by atoms with van der Waals surface area (Å²) >= 11 is 0. The fourth-order valence-corrected chi connectivity index (χ4v) is 2.50. The van der Waals surface area contributed by atoms with Gasteiger partial charge in [-0.25, -0.2) is 0 Å². The fourth-order valence-electron chi connectivity index (χ4n) is 2.50. The Balaban J connectivity index is 2.37. The quantitative estimate of drug-likeness (QED) is 0.671. The average molecular weight is 256 g/mol. The standard InChI is InChI=1S/C14H28N2O2/c1-5-15-14(2,13(17)18-4)9-10-16(3)11-12-7-6-8-12/h12,15H,5-11H2,1-4H3. The molecule has 1 N–H and O–H groups in total. The number of hydrogen-bond donors (Lipinski definition) is 1. The van der Waals surface area contributed by atoms with Crippen LogP contribution >= 0.6 is 0 Å². The van der Waals surface area contributed by atoms with Crippen LogP contribution < -0.4 is 5.32 Å².